The van der Waals surface area contributed by atoms with Gasteiger partial charge >= 0.3 is 0 Å². The van der Waals surface area contributed by atoms with Crippen LogP contribution < -0.4 is 14.4 Å². The number of ether oxygens (including phenoxy) is 1. The summed E-state index contributed by atoms with van der Waals surface area (Å²) in [4.78, 5) is 12.8. The highest BCUT2D eigenvalue weighted by Gasteiger charge is 2.28. The summed E-state index contributed by atoms with van der Waals surface area (Å²) in [5.41, 5.74) is 2.05. The molecule has 168 valence electrons. The van der Waals surface area contributed by atoms with Crippen LogP contribution in [0.3, 0.4) is 0 Å². The second-order valence-electron chi connectivity index (χ2n) is 7.33. The van der Waals surface area contributed by atoms with E-state index in [2.05, 4.69) is 5.32 Å². The quantitative estimate of drug-likeness (QED) is 0.551. The summed E-state index contributed by atoms with van der Waals surface area (Å²) in [7, 11) is -2.57. The Kier molecular flexibility index (Phi) is 7.15. The smallest absolute Gasteiger partial charge is 0.264 e. The van der Waals surface area contributed by atoms with E-state index in [1.807, 2.05) is 25.1 Å². The first-order valence-electron chi connectivity index (χ1n) is 9.99. The van der Waals surface area contributed by atoms with Crippen LogP contribution in [0.15, 0.2) is 77.7 Å². The van der Waals surface area contributed by atoms with Crippen molar-refractivity contribution >= 4 is 21.6 Å². The molecule has 0 aliphatic heterocycles. The highest BCUT2D eigenvalue weighted by Crippen LogP contribution is 2.26. The highest BCUT2D eigenvalue weighted by molar-refractivity contribution is 7.92. The lowest BCUT2D eigenvalue weighted by atomic mass is 10.1. The lowest BCUT2D eigenvalue weighted by molar-refractivity contribution is -0.120. The van der Waals surface area contributed by atoms with Crippen molar-refractivity contribution in [3.05, 3.63) is 89.7 Å². The van der Waals surface area contributed by atoms with Crippen LogP contribution in [0.2, 0.25) is 0 Å². The first-order valence-corrected chi connectivity index (χ1v) is 11.4. The molecule has 1 unspecified atom stereocenters. The SMILES string of the molecule is COc1ccccc1C(C)NC(=O)CN(c1ccc(C)cc1)S(=O)(=O)c1ccc(F)cc1. The number of anilines is 1. The normalized spacial score (nSPS) is 12.1. The molecule has 0 bridgehead atoms. The van der Waals surface area contributed by atoms with Crippen LogP contribution in [-0.2, 0) is 14.8 Å². The molecule has 0 saturated carbocycles. The minimum Gasteiger partial charge on any atom is -0.496 e. The first-order chi connectivity index (χ1) is 15.2. The Bertz CT molecular complexity index is 1180. The molecule has 1 amide bonds. The van der Waals surface area contributed by atoms with Crippen LogP contribution in [0.4, 0.5) is 10.1 Å². The third-order valence-corrected chi connectivity index (χ3v) is 6.78. The fraction of sp³-hybridized carbons (Fsp3) is 0.208. The lowest BCUT2D eigenvalue weighted by Gasteiger charge is -2.25. The van der Waals surface area contributed by atoms with Crippen molar-refractivity contribution in [3.8, 4) is 5.75 Å². The Morgan fingerprint density at radius 3 is 2.28 bits per heavy atom. The van der Waals surface area contributed by atoms with Crippen molar-refractivity contribution < 1.29 is 22.3 Å². The molecule has 3 aromatic carbocycles. The molecule has 0 aliphatic rings. The molecule has 6 nitrogen and oxygen atoms in total. The van der Waals surface area contributed by atoms with E-state index in [9.17, 15) is 17.6 Å². The summed E-state index contributed by atoms with van der Waals surface area (Å²) in [6.45, 7) is 3.23. The third-order valence-electron chi connectivity index (χ3n) is 4.99. The van der Waals surface area contributed by atoms with Gasteiger partial charge in [0.25, 0.3) is 10.0 Å². The van der Waals surface area contributed by atoms with E-state index in [1.165, 1.54) is 12.1 Å². The van der Waals surface area contributed by atoms with Gasteiger partial charge in [0.2, 0.25) is 5.91 Å². The number of amides is 1. The number of methoxy groups -OCH3 is 1. The largest absolute Gasteiger partial charge is 0.496 e. The van der Waals surface area contributed by atoms with Gasteiger partial charge in [-0.15, -0.1) is 0 Å². The molecule has 0 spiro atoms. The average molecular weight is 457 g/mol. The van der Waals surface area contributed by atoms with Gasteiger partial charge in [-0.1, -0.05) is 35.9 Å². The zero-order valence-electron chi connectivity index (χ0n) is 18.1. The summed E-state index contributed by atoms with van der Waals surface area (Å²) in [5.74, 6) is -0.418. The second kappa shape index (κ2) is 9.82. The zero-order valence-corrected chi connectivity index (χ0v) is 18.9. The van der Waals surface area contributed by atoms with Gasteiger partial charge in [-0.3, -0.25) is 9.10 Å². The number of benzene rings is 3. The van der Waals surface area contributed by atoms with Crippen LogP contribution in [0, 0.1) is 12.7 Å². The number of nitrogens with zero attached hydrogens (tertiary/aromatic N) is 1. The predicted molar refractivity (Wildman–Crippen MR) is 122 cm³/mol. The maximum atomic E-state index is 13.3. The Balaban J connectivity index is 1.89. The van der Waals surface area contributed by atoms with Gasteiger partial charge in [-0.25, -0.2) is 12.8 Å². The van der Waals surface area contributed by atoms with Gasteiger partial charge in [0.05, 0.1) is 23.7 Å². The number of hydrogen-bond donors (Lipinski definition) is 1. The summed E-state index contributed by atoms with van der Waals surface area (Å²) >= 11 is 0. The molecule has 3 aromatic rings. The number of rotatable bonds is 8. The first kappa shape index (κ1) is 23.3. The van der Waals surface area contributed by atoms with E-state index in [0.717, 1.165) is 27.6 Å². The van der Waals surface area contributed by atoms with Gasteiger partial charge in [-0.2, -0.15) is 0 Å². The third kappa shape index (κ3) is 5.26. The minimum atomic E-state index is -4.11. The van der Waals surface area contributed by atoms with E-state index in [4.69, 9.17) is 4.74 Å². The Morgan fingerprint density at radius 2 is 1.66 bits per heavy atom. The summed E-state index contributed by atoms with van der Waals surface area (Å²) in [6.07, 6.45) is 0. The van der Waals surface area contributed by atoms with Crippen LogP contribution >= 0.6 is 0 Å². The van der Waals surface area contributed by atoms with Crippen LogP contribution in [-0.4, -0.2) is 28.0 Å². The lowest BCUT2D eigenvalue weighted by Crippen LogP contribution is -2.41. The summed E-state index contributed by atoms with van der Waals surface area (Å²) < 4.78 is 46.3. The molecule has 8 heteroatoms. The summed E-state index contributed by atoms with van der Waals surface area (Å²) in [6, 6.07) is 18.2. The van der Waals surface area contributed by atoms with E-state index in [-0.39, 0.29) is 4.90 Å². The monoisotopic (exact) mass is 456 g/mol. The molecule has 0 heterocycles. The molecule has 1 N–H and O–H groups in total. The van der Waals surface area contributed by atoms with E-state index in [1.54, 1.807) is 44.4 Å². The number of para-hydroxylation sites is 1. The molecule has 0 fully saturated rings. The standard InChI is InChI=1S/C24H25FN2O4S/c1-17-8-12-20(13-9-17)27(32(29,30)21-14-10-19(25)11-15-21)16-24(28)26-18(2)22-6-4-5-7-23(22)31-3/h4-15,18H,16H2,1-3H3,(H,26,28). The van der Waals surface area contributed by atoms with E-state index in [0.29, 0.717) is 11.4 Å². The Labute approximate surface area is 187 Å². The van der Waals surface area contributed by atoms with Crippen molar-refractivity contribution in [1.82, 2.24) is 5.32 Å². The van der Waals surface area contributed by atoms with Crippen LogP contribution in [0.5, 0.6) is 5.75 Å². The molecule has 0 aromatic heterocycles. The topological polar surface area (TPSA) is 75.7 Å². The Morgan fingerprint density at radius 1 is 1.03 bits per heavy atom. The Hall–Kier alpha value is -3.39. The van der Waals surface area contributed by atoms with Crippen molar-refractivity contribution in [2.75, 3.05) is 18.0 Å². The highest BCUT2D eigenvalue weighted by atomic mass is 32.2. The number of carbonyl (C=O) groups excluding carboxylic acids is 1. The van der Waals surface area contributed by atoms with Gasteiger partial charge < -0.3 is 10.1 Å². The number of halogens is 1. The second-order valence-corrected chi connectivity index (χ2v) is 9.19. The molecule has 32 heavy (non-hydrogen) atoms. The van der Waals surface area contributed by atoms with Crippen molar-refractivity contribution in [3.63, 3.8) is 0 Å². The molecule has 3 rings (SSSR count). The maximum Gasteiger partial charge on any atom is 0.264 e. The van der Waals surface area contributed by atoms with Crippen molar-refractivity contribution in [2.45, 2.75) is 24.8 Å². The molecule has 0 radical (unpaired) electrons. The van der Waals surface area contributed by atoms with E-state index < -0.39 is 34.3 Å². The minimum absolute atomic E-state index is 0.106. The van der Waals surface area contributed by atoms with Gasteiger partial charge in [0, 0.05) is 5.56 Å². The number of aryl methyl sites for hydroxylation is 1. The van der Waals surface area contributed by atoms with Crippen LogP contribution in [0.1, 0.15) is 24.1 Å². The number of sulfonamides is 1. The maximum absolute atomic E-state index is 13.3. The van der Waals surface area contributed by atoms with Crippen LogP contribution in [0.25, 0.3) is 0 Å². The number of hydrogen-bond acceptors (Lipinski definition) is 4. The fourth-order valence-electron chi connectivity index (χ4n) is 3.28. The fourth-order valence-corrected chi connectivity index (χ4v) is 4.70. The number of nitrogens with one attached hydrogen (secondary N) is 1. The van der Waals surface area contributed by atoms with Crippen molar-refractivity contribution in [1.29, 1.82) is 0 Å². The predicted octanol–water partition coefficient (Wildman–Crippen LogP) is 4.22. The van der Waals surface area contributed by atoms with Gasteiger partial charge in [-0.05, 0) is 56.3 Å². The summed E-state index contributed by atoms with van der Waals surface area (Å²) in [5, 5.41) is 2.83. The number of carbonyl (C=O) groups is 1. The molecular formula is C24H25FN2O4S. The van der Waals surface area contributed by atoms with E-state index >= 15 is 0 Å². The molecular weight excluding hydrogens is 431 g/mol. The van der Waals surface area contributed by atoms with Gasteiger partial charge in [0.1, 0.15) is 18.1 Å². The zero-order chi connectivity index (χ0) is 23.3. The molecule has 0 saturated heterocycles. The van der Waals surface area contributed by atoms with Crippen molar-refractivity contribution in [2.24, 2.45) is 0 Å². The molecule has 0 aliphatic carbocycles. The molecule has 1 atom stereocenters. The average Bonchev–Trinajstić information content (AvgIpc) is 2.78. The van der Waals surface area contributed by atoms with Gasteiger partial charge in [0.15, 0.2) is 0 Å².